The fourth-order valence-electron chi connectivity index (χ4n) is 3.85. The minimum atomic E-state index is -3.46. The van der Waals surface area contributed by atoms with Crippen molar-refractivity contribution in [1.29, 1.82) is 0 Å². The van der Waals surface area contributed by atoms with E-state index in [1.165, 1.54) is 0 Å². The highest BCUT2D eigenvalue weighted by molar-refractivity contribution is 7.86. The number of piperazine rings is 1. The minimum absolute atomic E-state index is 0.145. The Morgan fingerprint density at radius 1 is 1.13 bits per heavy atom. The Bertz CT molecular complexity index is 953. The molecule has 2 aromatic rings. The number of piperidine rings is 1. The van der Waals surface area contributed by atoms with Crippen LogP contribution >= 0.6 is 11.6 Å². The molecule has 2 aliphatic rings. The number of methoxy groups -OCH3 is 1. The summed E-state index contributed by atoms with van der Waals surface area (Å²) in [6.07, 6.45) is 2.13. The number of halogens is 1. The molecule has 0 N–H and O–H groups in total. The first-order chi connectivity index (χ1) is 14.5. The Morgan fingerprint density at radius 3 is 2.50 bits per heavy atom. The van der Waals surface area contributed by atoms with E-state index in [2.05, 4.69) is 10.1 Å². The van der Waals surface area contributed by atoms with E-state index in [1.54, 1.807) is 15.7 Å². The molecule has 164 valence electrons. The number of rotatable bonds is 6. The van der Waals surface area contributed by atoms with Crippen molar-refractivity contribution in [1.82, 2.24) is 18.8 Å². The lowest BCUT2D eigenvalue weighted by atomic mass is 10.1. The summed E-state index contributed by atoms with van der Waals surface area (Å²) in [6, 6.07) is 7.96. The van der Waals surface area contributed by atoms with Crippen molar-refractivity contribution in [3.8, 4) is 0 Å². The number of ether oxygens (including phenoxy) is 1. The second-order valence-corrected chi connectivity index (χ2v) is 9.89. The zero-order valence-electron chi connectivity index (χ0n) is 16.9. The van der Waals surface area contributed by atoms with Crippen LogP contribution in [-0.2, 0) is 21.4 Å². The van der Waals surface area contributed by atoms with E-state index in [4.69, 9.17) is 20.9 Å². The molecule has 0 bridgehead atoms. The summed E-state index contributed by atoms with van der Waals surface area (Å²) in [5.41, 5.74) is 1.00. The Hall–Kier alpha value is -1.72. The van der Waals surface area contributed by atoms with Gasteiger partial charge in [0.25, 0.3) is 10.2 Å². The lowest BCUT2D eigenvalue weighted by molar-refractivity contribution is 0.0590. The van der Waals surface area contributed by atoms with Gasteiger partial charge in [-0.3, -0.25) is 0 Å². The first-order valence-electron chi connectivity index (χ1n) is 10.1. The largest absolute Gasteiger partial charge is 0.381 e. The first kappa shape index (κ1) is 21.5. The average Bonchev–Trinajstić information content (AvgIpc) is 3.22. The summed E-state index contributed by atoms with van der Waals surface area (Å²) in [4.78, 5) is 6.39. The van der Waals surface area contributed by atoms with Gasteiger partial charge >= 0.3 is 6.01 Å². The van der Waals surface area contributed by atoms with Crippen LogP contribution in [0.5, 0.6) is 0 Å². The Labute approximate surface area is 181 Å². The number of aromatic nitrogens is 2. The summed E-state index contributed by atoms with van der Waals surface area (Å²) < 4.78 is 39.7. The van der Waals surface area contributed by atoms with Crippen molar-refractivity contribution in [2.24, 2.45) is 0 Å². The lowest BCUT2D eigenvalue weighted by Crippen LogP contribution is -2.54. The molecule has 0 unspecified atom stereocenters. The Kier molecular flexibility index (Phi) is 6.59. The molecule has 2 fully saturated rings. The van der Waals surface area contributed by atoms with Gasteiger partial charge in [-0.2, -0.15) is 22.0 Å². The SMILES string of the molecule is COC1CCN(S(=O)(=O)N2CCN(c3nc(Cc4cccc(Cl)c4)no3)CC2)CC1. The molecule has 0 spiro atoms. The van der Waals surface area contributed by atoms with Crippen LogP contribution in [0.3, 0.4) is 0 Å². The number of benzene rings is 1. The van der Waals surface area contributed by atoms with Gasteiger partial charge in [0, 0.05) is 57.8 Å². The van der Waals surface area contributed by atoms with Crippen LogP contribution in [0.15, 0.2) is 28.8 Å². The third kappa shape index (κ3) is 4.78. The van der Waals surface area contributed by atoms with E-state index in [0.29, 0.717) is 62.6 Å². The Morgan fingerprint density at radius 2 is 1.83 bits per heavy atom. The zero-order chi connectivity index (χ0) is 21.1. The van der Waals surface area contributed by atoms with Gasteiger partial charge in [0.1, 0.15) is 0 Å². The van der Waals surface area contributed by atoms with E-state index < -0.39 is 10.2 Å². The highest BCUT2D eigenvalue weighted by atomic mass is 35.5. The molecule has 2 saturated heterocycles. The average molecular weight is 456 g/mol. The molecule has 30 heavy (non-hydrogen) atoms. The molecule has 1 aromatic heterocycles. The van der Waals surface area contributed by atoms with Gasteiger partial charge in [-0.15, -0.1) is 0 Å². The maximum Gasteiger partial charge on any atom is 0.324 e. The second-order valence-electron chi connectivity index (χ2n) is 7.53. The minimum Gasteiger partial charge on any atom is -0.381 e. The number of anilines is 1. The maximum absolute atomic E-state index is 12.9. The van der Waals surface area contributed by atoms with Crippen LogP contribution in [-0.4, -0.2) is 79.7 Å². The van der Waals surface area contributed by atoms with Crippen LogP contribution in [0.2, 0.25) is 5.02 Å². The molecule has 3 heterocycles. The van der Waals surface area contributed by atoms with E-state index >= 15 is 0 Å². The molecule has 11 heteroatoms. The molecule has 0 atom stereocenters. The van der Waals surface area contributed by atoms with Gasteiger partial charge in [-0.25, -0.2) is 0 Å². The molecule has 9 nitrogen and oxygen atoms in total. The van der Waals surface area contributed by atoms with Crippen LogP contribution in [0.1, 0.15) is 24.2 Å². The molecule has 2 aliphatic heterocycles. The maximum atomic E-state index is 12.9. The van der Waals surface area contributed by atoms with Crippen LogP contribution < -0.4 is 4.90 Å². The van der Waals surface area contributed by atoms with Crippen molar-refractivity contribution >= 4 is 27.8 Å². The molecule has 0 saturated carbocycles. The van der Waals surface area contributed by atoms with Crippen molar-refractivity contribution in [2.75, 3.05) is 51.3 Å². The highest BCUT2D eigenvalue weighted by Gasteiger charge is 2.35. The van der Waals surface area contributed by atoms with Gasteiger partial charge in [0.15, 0.2) is 5.82 Å². The molecule has 0 amide bonds. The summed E-state index contributed by atoms with van der Waals surface area (Å²) in [5.74, 6) is 0.573. The van der Waals surface area contributed by atoms with Crippen LogP contribution in [0, 0.1) is 0 Å². The molecular formula is C19H26ClN5O4S. The normalized spacial score (nSPS) is 20.0. The van der Waals surface area contributed by atoms with Gasteiger partial charge in [-0.05, 0) is 30.5 Å². The number of nitrogens with zero attached hydrogens (tertiary/aromatic N) is 5. The third-order valence-electron chi connectivity index (χ3n) is 5.60. The third-order valence-corrected chi connectivity index (χ3v) is 7.88. The van der Waals surface area contributed by atoms with Gasteiger partial charge in [0.2, 0.25) is 0 Å². The zero-order valence-corrected chi connectivity index (χ0v) is 18.5. The predicted molar refractivity (Wildman–Crippen MR) is 113 cm³/mol. The molecule has 0 aliphatic carbocycles. The summed E-state index contributed by atoms with van der Waals surface area (Å²) in [5, 5.41) is 4.72. The standard InChI is InChI=1S/C19H26ClN5O4S/c1-28-17-5-7-24(8-6-17)30(26,27)25-11-9-23(10-12-25)19-21-18(22-29-19)14-15-3-2-4-16(20)13-15/h2-4,13,17H,5-12,14H2,1H3. The monoisotopic (exact) mass is 455 g/mol. The van der Waals surface area contributed by atoms with Crippen molar-refractivity contribution in [3.63, 3.8) is 0 Å². The van der Waals surface area contributed by atoms with E-state index in [1.807, 2.05) is 29.2 Å². The lowest BCUT2D eigenvalue weighted by Gasteiger charge is -2.38. The smallest absolute Gasteiger partial charge is 0.324 e. The summed E-state index contributed by atoms with van der Waals surface area (Å²) >= 11 is 6.02. The van der Waals surface area contributed by atoms with Gasteiger partial charge < -0.3 is 14.2 Å². The van der Waals surface area contributed by atoms with E-state index in [0.717, 1.165) is 18.4 Å². The van der Waals surface area contributed by atoms with Crippen molar-refractivity contribution in [3.05, 3.63) is 40.7 Å². The van der Waals surface area contributed by atoms with Crippen LogP contribution in [0.25, 0.3) is 0 Å². The quantitative estimate of drug-likeness (QED) is 0.655. The van der Waals surface area contributed by atoms with E-state index in [9.17, 15) is 8.42 Å². The fraction of sp³-hybridized carbons (Fsp3) is 0.579. The van der Waals surface area contributed by atoms with Gasteiger partial charge in [0.05, 0.1) is 6.10 Å². The number of hydrogen-bond acceptors (Lipinski definition) is 7. The van der Waals surface area contributed by atoms with Crippen molar-refractivity contribution in [2.45, 2.75) is 25.4 Å². The summed E-state index contributed by atoms with van der Waals surface area (Å²) in [6.45, 7) is 2.78. The highest BCUT2D eigenvalue weighted by Crippen LogP contribution is 2.22. The van der Waals surface area contributed by atoms with Crippen LogP contribution in [0.4, 0.5) is 6.01 Å². The topological polar surface area (TPSA) is 92.0 Å². The molecule has 0 radical (unpaired) electrons. The second kappa shape index (κ2) is 9.19. The Balaban J connectivity index is 1.33. The summed E-state index contributed by atoms with van der Waals surface area (Å²) in [7, 11) is -1.78. The molecule has 4 rings (SSSR count). The fourth-order valence-corrected chi connectivity index (χ4v) is 5.68. The predicted octanol–water partition coefficient (Wildman–Crippen LogP) is 1.79. The van der Waals surface area contributed by atoms with Crippen molar-refractivity contribution < 1.29 is 17.7 Å². The molecular weight excluding hydrogens is 430 g/mol. The first-order valence-corrected chi connectivity index (χ1v) is 11.8. The number of hydrogen-bond donors (Lipinski definition) is 0. The van der Waals surface area contributed by atoms with Gasteiger partial charge in [-0.1, -0.05) is 28.9 Å². The molecule has 1 aromatic carbocycles. The van der Waals surface area contributed by atoms with E-state index in [-0.39, 0.29) is 6.10 Å².